The van der Waals surface area contributed by atoms with Crippen LogP contribution in [0.3, 0.4) is 0 Å². The first-order chi connectivity index (χ1) is 15.1. The van der Waals surface area contributed by atoms with E-state index in [4.69, 9.17) is 10.5 Å². The average Bonchev–Trinajstić information content (AvgIpc) is 3.24. The second-order valence-corrected chi connectivity index (χ2v) is 7.18. The Balaban J connectivity index is 1.51. The van der Waals surface area contributed by atoms with Gasteiger partial charge >= 0.3 is 0 Å². The van der Waals surface area contributed by atoms with Crippen LogP contribution in [-0.2, 0) is 4.79 Å². The van der Waals surface area contributed by atoms with E-state index in [1.54, 1.807) is 11.8 Å². The van der Waals surface area contributed by atoms with Crippen LogP contribution in [0.5, 0.6) is 11.5 Å². The molecule has 1 fully saturated rings. The van der Waals surface area contributed by atoms with Crippen molar-refractivity contribution in [2.45, 2.75) is 19.4 Å². The zero-order valence-electron chi connectivity index (χ0n) is 17.2. The molecular formula is C24H23N5O2. The summed E-state index contributed by atoms with van der Waals surface area (Å²) in [6, 6.07) is 17.3. The van der Waals surface area contributed by atoms with E-state index < -0.39 is 0 Å². The summed E-state index contributed by atoms with van der Waals surface area (Å²) >= 11 is 0. The number of para-hydroxylation sites is 1. The van der Waals surface area contributed by atoms with Crippen LogP contribution in [0.15, 0.2) is 60.9 Å². The molecular weight excluding hydrogens is 390 g/mol. The number of amides is 1. The summed E-state index contributed by atoms with van der Waals surface area (Å²) < 4.78 is 5.86. The molecule has 3 aromatic rings. The van der Waals surface area contributed by atoms with Crippen molar-refractivity contribution in [3.05, 3.63) is 60.9 Å². The molecule has 7 heteroatoms. The predicted octanol–water partition coefficient (Wildman–Crippen LogP) is 3.55. The van der Waals surface area contributed by atoms with Crippen molar-refractivity contribution in [1.29, 1.82) is 0 Å². The molecule has 3 N–H and O–H groups in total. The van der Waals surface area contributed by atoms with Gasteiger partial charge in [-0.15, -0.1) is 0 Å². The highest BCUT2D eigenvalue weighted by molar-refractivity contribution is 5.93. The van der Waals surface area contributed by atoms with Gasteiger partial charge < -0.3 is 20.7 Å². The highest BCUT2D eigenvalue weighted by Crippen LogP contribution is 2.33. The molecule has 0 radical (unpaired) electrons. The second kappa shape index (κ2) is 9.18. The van der Waals surface area contributed by atoms with Crippen LogP contribution in [0.1, 0.15) is 13.3 Å². The number of likely N-dealkylation sites (tertiary alicyclic amines) is 1. The lowest BCUT2D eigenvalue weighted by Gasteiger charge is -2.18. The first kappa shape index (κ1) is 20.2. The van der Waals surface area contributed by atoms with Crippen molar-refractivity contribution >= 4 is 17.5 Å². The molecule has 1 aliphatic rings. The predicted molar refractivity (Wildman–Crippen MR) is 120 cm³/mol. The van der Waals surface area contributed by atoms with E-state index in [1.807, 2.05) is 54.6 Å². The highest BCUT2D eigenvalue weighted by Gasteiger charge is 2.26. The van der Waals surface area contributed by atoms with Gasteiger partial charge in [0.2, 0.25) is 0 Å². The van der Waals surface area contributed by atoms with Crippen molar-refractivity contribution < 1.29 is 9.53 Å². The molecule has 0 saturated carbocycles. The number of benzene rings is 2. The van der Waals surface area contributed by atoms with Crippen molar-refractivity contribution in [3.8, 4) is 34.5 Å². The summed E-state index contributed by atoms with van der Waals surface area (Å²) in [7, 11) is 0. The van der Waals surface area contributed by atoms with Gasteiger partial charge in [0.05, 0.1) is 5.56 Å². The minimum Gasteiger partial charge on any atom is -0.457 e. The van der Waals surface area contributed by atoms with Crippen LogP contribution < -0.4 is 15.8 Å². The number of carbonyl (C=O) groups excluding carboxylic acids is 1. The first-order valence-corrected chi connectivity index (χ1v) is 10.1. The summed E-state index contributed by atoms with van der Waals surface area (Å²) in [5, 5.41) is 3.43. The minimum absolute atomic E-state index is 0.0661. The van der Waals surface area contributed by atoms with Gasteiger partial charge in [-0.2, -0.15) is 0 Å². The fourth-order valence-corrected chi connectivity index (χ4v) is 3.55. The third-order valence-corrected chi connectivity index (χ3v) is 5.05. The van der Waals surface area contributed by atoms with Gasteiger partial charge in [-0.25, -0.2) is 9.97 Å². The number of carbonyl (C=O) groups is 1. The number of anilines is 2. The Hall–Kier alpha value is -4.05. The number of rotatable bonds is 5. The SMILES string of the molecule is CC#CC(=O)N1CCC(Nc2ncnc(N)c2-c2ccc(Oc3ccccc3)cc2)C1. The Morgan fingerprint density at radius 3 is 2.61 bits per heavy atom. The van der Waals surface area contributed by atoms with Crippen LogP contribution in [0.25, 0.3) is 11.1 Å². The van der Waals surface area contributed by atoms with E-state index in [1.165, 1.54) is 6.33 Å². The molecule has 1 unspecified atom stereocenters. The molecule has 1 amide bonds. The second-order valence-electron chi connectivity index (χ2n) is 7.18. The maximum atomic E-state index is 12.0. The van der Waals surface area contributed by atoms with Gasteiger partial charge in [0.25, 0.3) is 5.91 Å². The van der Waals surface area contributed by atoms with E-state index >= 15 is 0 Å². The molecule has 0 bridgehead atoms. The molecule has 1 saturated heterocycles. The van der Waals surface area contributed by atoms with E-state index in [0.29, 0.717) is 24.7 Å². The zero-order valence-corrected chi connectivity index (χ0v) is 17.2. The number of nitrogen functional groups attached to an aromatic ring is 1. The van der Waals surface area contributed by atoms with Gasteiger partial charge in [0.15, 0.2) is 0 Å². The summed E-state index contributed by atoms with van der Waals surface area (Å²) in [6.07, 6.45) is 2.25. The van der Waals surface area contributed by atoms with Gasteiger partial charge in [-0.3, -0.25) is 4.79 Å². The molecule has 1 atom stereocenters. The Labute approximate surface area is 181 Å². The summed E-state index contributed by atoms with van der Waals surface area (Å²) in [5.41, 5.74) is 7.81. The molecule has 0 spiro atoms. The van der Waals surface area contributed by atoms with Crippen LogP contribution in [0.2, 0.25) is 0 Å². The number of nitrogens with zero attached hydrogens (tertiary/aromatic N) is 3. The van der Waals surface area contributed by atoms with E-state index in [0.717, 1.165) is 29.0 Å². The smallest absolute Gasteiger partial charge is 0.298 e. The monoisotopic (exact) mass is 413 g/mol. The number of hydrogen-bond donors (Lipinski definition) is 2. The summed E-state index contributed by atoms with van der Waals surface area (Å²) in [6.45, 7) is 2.89. The molecule has 1 aliphatic heterocycles. The standard InChI is InChI=1S/C24H23N5O2/c1-2-6-21(30)29-14-13-18(15-29)28-24-22(23(25)26-16-27-24)17-9-11-20(12-10-17)31-19-7-4-3-5-8-19/h3-5,7-12,16,18H,13-15H2,1H3,(H3,25,26,27,28). The lowest BCUT2D eigenvalue weighted by Crippen LogP contribution is -2.30. The van der Waals surface area contributed by atoms with Crippen LogP contribution in [0, 0.1) is 11.8 Å². The highest BCUT2D eigenvalue weighted by atomic mass is 16.5. The van der Waals surface area contributed by atoms with E-state index in [2.05, 4.69) is 27.1 Å². The van der Waals surface area contributed by atoms with Crippen LogP contribution in [-0.4, -0.2) is 39.9 Å². The maximum absolute atomic E-state index is 12.0. The molecule has 4 rings (SSSR count). The molecule has 0 aliphatic carbocycles. The largest absolute Gasteiger partial charge is 0.457 e. The van der Waals surface area contributed by atoms with Crippen LogP contribution >= 0.6 is 0 Å². The zero-order chi connectivity index (χ0) is 21.6. The third kappa shape index (κ3) is 4.75. The topological polar surface area (TPSA) is 93.4 Å². The Kier molecular flexibility index (Phi) is 5.99. The minimum atomic E-state index is -0.150. The molecule has 1 aromatic heterocycles. The number of ether oxygens (including phenoxy) is 1. The maximum Gasteiger partial charge on any atom is 0.298 e. The number of nitrogens with one attached hydrogen (secondary N) is 1. The molecule has 7 nitrogen and oxygen atoms in total. The average molecular weight is 413 g/mol. The Morgan fingerprint density at radius 2 is 1.87 bits per heavy atom. The molecule has 2 heterocycles. The summed E-state index contributed by atoms with van der Waals surface area (Å²) in [5.74, 6) is 7.63. The molecule has 31 heavy (non-hydrogen) atoms. The number of aromatic nitrogens is 2. The van der Waals surface area contributed by atoms with Gasteiger partial charge in [-0.05, 0) is 49.1 Å². The van der Waals surface area contributed by atoms with E-state index in [-0.39, 0.29) is 11.9 Å². The lowest BCUT2D eigenvalue weighted by molar-refractivity contribution is -0.124. The fourth-order valence-electron chi connectivity index (χ4n) is 3.55. The third-order valence-electron chi connectivity index (χ3n) is 5.05. The molecule has 156 valence electrons. The fraction of sp³-hybridized carbons (Fsp3) is 0.208. The normalized spacial score (nSPS) is 15.1. The lowest BCUT2D eigenvalue weighted by atomic mass is 10.1. The van der Waals surface area contributed by atoms with Crippen molar-refractivity contribution in [3.63, 3.8) is 0 Å². The van der Waals surface area contributed by atoms with Crippen molar-refractivity contribution in [2.75, 3.05) is 24.1 Å². The number of hydrogen-bond acceptors (Lipinski definition) is 6. The van der Waals surface area contributed by atoms with Crippen molar-refractivity contribution in [1.82, 2.24) is 14.9 Å². The Morgan fingerprint density at radius 1 is 1.13 bits per heavy atom. The summed E-state index contributed by atoms with van der Waals surface area (Å²) in [4.78, 5) is 22.3. The van der Waals surface area contributed by atoms with E-state index in [9.17, 15) is 4.79 Å². The quantitative estimate of drug-likeness (QED) is 0.622. The van der Waals surface area contributed by atoms with Gasteiger partial charge in [0, 0.05) is 19.1 Å². The Bertz CT molecular complexity index is 1120. The van der Waals surface area contributed by atoms with Crippen molar-refractivity contribution in [2.24, 2.45) is 0 Å². The van der Waals surface area contributed by atoms with Gasteiger partial charge in [-0.1, -0.05) is 36.3 Å². The van der Waals surface area contributed by atoms with Gasteiger partial charge in [0.1, 0.15) is 29.5 Å². The van der Waals surface area contributed by atoms with Crippen LogP contribution in [0.4, 0.5) is 11.6 Å². The molecule has 2 aromatic carbocycles. The number of nitrogens with two attached hydrogens (primary N) is 1. The first-order valence-electron chi connectivity index (χ1n) is 10.1.